The molecule has 0 aromatic carbocycles. The van der Waals surface area contributed by atoms with Gasteiger partial charge in [-0.25, -0.2) is 0 Å². The number of carbonyl (C=O) groups is 2. The average Bonchev–Trinajstić information content (AvgIpc) is 1.89. The summed E-state index contributed by atoms with van der Waals surface area (Å²) in [6.45, 7) is 4.52. The van der Waals surface area contributed by atoms with Crippen LogP contribution >= 0.6 is 0 Å². The zero-order valence-corrected chi connectivity index (χ0v) is 8.19. The summed E-state index contributed by atoms with van der Waals surface area (Å²) in [4.78, 5) is 18.5. The van der Waals surface area contributed by atoms with E-state index in [1.54, 1.807) is 6.92 Å². The van der Waals surface area contributed by atoms with E-state index in [1.165, 1.54) is 6.08 Å². The molecule has 0 fully saturated rings. The zero-order chi connectivity index (χ0) is 9.28. The summed E-state index contributed by atoms with van der Waals surface area (Å²) in [6.07, 6.45) is 3.11. The summed E-state index contributed by atoms with van der Waals surface area (Å²) in [6, 6.07) is 0. The molecule has 4 nitrogen and oxygen atoms in total. The molecule has 62 valence electrons. The van der Waals surface area contributed by atoms with Crippen LogP contribution in [0.1, 0.15) is 6.92 Å². The van der Waals surface area contributed by atoms with E-state index in [0.717, 1.165) is 12.2 Å². The minimum Gasteiger partial charge on any atom is -0.545 e. The molecule has 0 saturated carbocycles. The topological polar surface area (TPSA) is 80.3 Å². The van der Waals surface area contributed by atoms with E-state index in [4.69, 9.17) is 9.90 Å². The normalized spacial score (nSPS) is 7.42. The molecule has 0 unspecified atom stereocenters. The minimum atomic E-state index is -1.23. The molecule has 0 atom stereocenters. The van der Waals surface area contributed by atoms with E-state index in [1.807, 2.05) is 0 Å². The number of allylic oxidation sites excluding steroid dienone is 1. The maximum atomic E-state index is 9.40. The first-order valence-electron chi connectivity index (χ1n) is 2.71. The average molecular weight is 180 g/mol. The molecule has 0 amide bonds. The van der Waals surface area contributed by atoms with Gasteiger partial charge >= 0.3 is 23.1 Å². The van der Waals surface area contributed by atoms with E-state index in [2.05, 4.69) is 6.58 Å². The largest absolute Gasteiger partial charge is 2.00 e. The van der Waals surface area contributed by atoms with Crippen molar-refractivity contribution in [1.29, 1.82) is 0 Å². The molecule has 0 aromatic heterocycles. The Labute approximate surface area is 86.7 Å². The Kier molecular flexibility index (Phi) is 18.5. The third kappa shape index (κ3) is 35.1. The van der Waals surface area contributed by atoms with E-state index in [0.29, 0.717) is 0 Å². The molecular formula is C7H8MgO4. The van der Waals surface area contributed by atoms with Gasteiger partial charge < -0.3 is 19.8 Å². The number of aliphatic carboxylic acids is 2. The standard InChI is InChI=1S/C4H6O2.C3H4O2.Mg/c1-2-3-4(5)6;1-2-3(4)5;/h2-3H,1H3,(H,5,6);2H,1H2,(H,4,5);/q;;+2/p-2. The van der Waals surface area contributed by atoms with Gasteiger partial charge in [0.2, 0.25) is 0 Å². The second-order valence-corrected chi connectivity index (χ2v) is 1.34. The van der Waals surface area contributed by atoms with Gasteiger partial charge in [-0.15, -0.1) is 0 Å². The van der Waals surface area contributed by atoms with Crippen molar-refractivity contribution in [2.75, 3.05) is 0 Å². The van der Waals surface area contributed by atoms with Gasteiger partial charge in [0.1, 0.15) is 0 Å². The fraction of sp³-hybridized carbons (Fsp3) is 0.143. The second-order valence-electron chi connectivity index (χ2n) is 1.34. The fourth-order valence-electron chi connectivity index (χ4n) is 0.136. The van der Waals surface area contributed by atoms with E-state index < -0.39 is 11.9 Å². The molecule has 0 bridgehead atoms. The summed E-state index contributed by atoms with van der Waals surface area (Å²) < 4.78 is 0. The number of hydrogen-bond donors (Lipinski definition) is 0. The van der Waals surface area contributed by atoms with Gasteiger partial charge in [0.15, 0.2) is 0 Å². The van der Waals surface area contributed by atoms with Gasteiger partial charge in [-0.05, 0) is 19.1 Å². The van der Waals surface area contributed by atoms with Gasteiger partial charge in [0.25, 0.3) is 0 Å². The maximum absolute atomic E-state index is 9.40. The van der Waals surface area contributed by atoms with Crippen LogP contribution in [0, 0.1) is 0 Å². The summed E-state index contributed by atoms with van der Waals surface area (Å²) in [5.41, 5.74) is 0. The molecule has 0 aliphatic rings. The van der Waals surface area contributed by atoms with Crippen LogP contribution in [0.15, 0.2) is 24.8 Å². The Morgan fingerprint density at radius 2 is 1.58 bits per heavy atom. The van der Waals surface area contributed by atoms with Gasteiger partial charge in [-0.3, -0.25) is 0 Å². The van der Waals surface area contributed by atoms with Gasteiger partial charge in [0, 0.05) is 0 Å². The molecule has 0 saturated heterocycles. The van der Waals surface area contributed by atoms with E-state index in [9.17, 15) is 9.90 Å². The predicted octanol–water partition coefficient (Wildman–Crippen LogP) is -2.15. The third-order valence-corrected chi connectivity index (χ3v) is 0.469. The molecule has 12 heavy (non-hydrogen) atoms. The van der Waals surface area contributed by atoms with E-state index >= 15 is 0 Å². The van der Waals surface area contributed by atoms with Crippen LogP contribution in [0.3, 0.4) is 0 Å². The summed E-state index contributed by atoms with van der Waals surface area (Å²) in [5.74, 6) is -2.37. The first-order valence-corrected chi connectivity index (χ1v) is 2.71. The van der Waals surface area contributed by atoms with Crippen LogP contribution in [0.5, 0.6) is 0 Å². The van der Waals surface area contributed by atoms with Crippen molar-refractivity contribution < 1.29 is 19.8 Å². The molecule has 0 aliphatic heterocycles. The number of carbonyl (C=O) groups excluding carboxylic acids is 2. The fourth-order valence-corrected chi connectivity index (χ4v) is 0.136. The monoisotopic (exact) mass is 180 g/mol. The minimum absolute atomic E-state index is 0. The van der Waals surface area contributed by atoms with Gasteiger partial charge in [-0.1, -0.05) is 12.7 Å². The van der Waals surface area contributed by atoms with Crippen molar-refractivity contribution in [1.82, 2.24) is 0 Å². The number of rotatable bonds is 2. The Balaban J connectivity index is -0.000000126. The van der Waals surface area contributed by atoms with Gasteiger partial charge in [0.05, 0.1) is 11.9 Å². The summed E-state index contributed by atoms with van der Waals surface area (Å²) in [5, 5.41) is 18.5. The first-order chi connectivity index (χ1) is 5.04. The van der Waals surface area contributed by atoms with Crippen LogP contribution in [0.4, 0.5) is 0 Å². The molecule has 0 N–H and O–H groups in total. The summed E-state index contributed by atoms with van der Waals surface area (Å²) in [7, 11) is 0. The molecule has 0 spiro atoms. The molecule has 0 aromatic rings. The van der Waals surface area contributed by atoms with Crippen molar-refractivity contribution in [3.8, 4) is 0 Å². The molecule has 5 heteroatoms. The number of hydrogen-bond acceptors (Lipinski definition) is 4. The Hall–Kier alpha value is -0.814. The van der Waals surface area contributed by atoms with Crippen molar-refractivity contribution in [2.45, 2.75) is 6.92 Å². The number of carboxylic acids is 2. The Bertz CT molecular complexity index is 174. The smallest absolute Gasteiger partial charge is 0.545 e. The second kappa shape index (κ2) is 12.8. The van der Waals surface area contributed by atoms with Crippen LogP contribution < -0.4 is 10.2 Å². The zero-order valence-electron chi connectivity index (χ0n) is 6.78. The molecule has 0 aliphatic carbocycles. The third-order valence-electron chi connectivity index (χ3n) is 0.469. The molecule has 0 rings (SSSR count). The van der Waals surface area contributed by atoms with Crippen LogP contribution in [-0.4, -0.2) is 35.0 Å². The van der Waals surface area contributed by atoms with Crippen molar-refractivity contribution >= 4 is 35.0 Å². The first kappa shape index (κ1) is 17.3. The Morgan fingerprint density at radius 3 is 1.58 bits per heavy atom. The van der Waals surface area contributed by atoms with Crippen molar-refractivity contribution in [3.05, 3.63) is 24.8 Å². The molecular weight excluding hydrogens is 172 g/mol. The van der Waals surface area contributed by atoms with Crippen LogP contribution in [-0.2, 0) is 9.59 Å². The summed E-state index contributed by atoms with van der Waals surface area (Å²) >= 11 is 0. The van der Waals surface area contributed by atoms with Gasteiger partial charge in [-0.2, -0.15) is 0 Å². The van der Waals surface area contributed by atoms with Crippen LogP contribution in [0.25, 0.3) is 0 Å². The van der Waals surface area contributed by atoms with Crippen molar-refractivity contribution in [2.24, 2.45) is 0 Å². The van der Waals surface area contributed by atoms with Crippen LogP contribution in [0.2, 0.25) is 0 Å². The SMILES string of the molecule is C=CC(=O)[O-].CC=CC(=O)[O-].[Mg+2]. The predicted molar refractivity (Wildman–Crippen MR) is 40.8 cm³/mol. The molecule has 0 radical (unpaired) electrons. The maximum Gasteiger partial charge on any atom is 2.00 e. The quantitative estimate of drug-likeness (QED) is 0.359. The number of carboxylic acid groups (broad SMARTS) is 2. The van der Waals surface area contributed by atoms with E-state index in [-0.39, 0.29) is 23.1 Å². The Morgan fingerprint density at radius 1 is 1.25 bits per heavy atom. The molecule has 0 heterocycles. The van der Waals surface area contributed by atoms with Crippen molar-refractivity contribution in [3.63, 3.8) is 0 Å².